The average molecular weight is 242 g/mol. The zero-order chi connectivity index (χ0) is 12.7. The summed E-state index contributed by atoms with van der Waals surface area (Å²) < 4.78 is 15.6. The van der Waals surface area contributed by atoms with Crippen molar-refractivity contribution < 1.29 is 23.8 Å². The van der Waals surface area contributed by atoms with Crippen LogP contribution in [0.3, 0.4) is 0 Å². The maximum atomic E-state index is 11.0. The number of methoxy groups -OCH3 is 1. The molecule has 1 saturated heterocycles. The largest absolute Gasteiger partial charge is 0.492 e. The molecule has 2 atom stereocenters. The molecule has 0 spiro atoms. The molecule has 0 amide bonds. The van der Waals surface area contributed by atoms with E-state index in [9.17, 15) is 9.59 Å². The zero-order valence-electron chi connectivity index (χ0n) is 10.2. The fraction of sp³-hybridized carbons (Fsp3) is 0.667. The van der Waals surface area contributed by atoms with Crippen molar-refractivity contribution in [1.82, 2.24) is 0 Å². The van der Waals surface area contributed by atoms with Gasteiger partial charge in [-0.2, -0.15) is 0 Å². The average Bonchev–Trinajstić information content (AvgIpc) is 2.31. The third-order valence-electron chi connectivity index (χ3n) is 2.57. The van der Waals surface area contributed by atoms with E-state index in [1.54, 1.807) is 6.92 Å². The number of ether oxygens (including phenoxy) is 3. The highest BCUT2D eigenvalue weighted by molar-refractivity contribution is 5.82. The Morgan fingerprint density at radius 1 is 1.53 bits per heavy atom. The molecule has 0 N–H and O–H groups in total. The second-order valence-electron chi connectivity index (χ2n) is 3.89. The lowest BCUT2D eigenvalue weighted by molar-refractivity contribution is -0.135. The maximum absolute atomic E-state index is 11.0. The summed E-state index contributed by atoms with van der Waals surface area (Å²) in [6.45, 7) is 2.33. The van der Waals surface area contributed by atoms with Crippen LogP contribution in [0.1, 0.15) is 26.2 Å². The van der Waals surface area contributed by atoms with E-state index >= 15 is 0 Å². The minimum absolute atomic E-state index is 0.171. The van der Waals surface area contributed by atoms with Crippen LogP contribution in [-0.2, 0) is 23.8 Å². The van der Waals surface area contributed by atoms with Gasteiger partial charge in [0.2, 0.25) is 0 Å². The Balaban J connectivity index is 2.54. The van der Waals surface area contributed by atoms with Gasteiger partial charge in [-0.25, -0.2) is 4.79 Å². The number of rotatable bonds is 5. The smallest absolute Gasteiger partial charge is 0.333 e. The quantitative estimate of drug-likeness (QED) is 0.314. The lowest BCUT2D eigenvalue weighted by atomic mass is 10.0. The van der Waals surface area contributed by atoms with Crippen molar-refractivity contribution in [1.29, 1.82) is 0 Å². The topological polar surface area (TPSA) is 61.8 Å². The summed E-state index contributed by atoms with van der Waals surface area (Å²) in [7, 11) is 1.31. The van der Waals surface area contributed by atoms with Gasteiger partial charge in [-0.1, -0.05) is 0 Å². The van der Waals surface area contributed by atoms with Crippen molar-refractivity contribution in [3.63, 3.8) is 0 Å². The summed E-state index contributed by atoms with van der Waals surface area (Å²) in [5, 5.41) is 0. The van der Waals surface area contributed by atoms with Crippen LogP contribution in [0.4, 0.5) is 0 Å². The third-order valence-corrected chi connectivity index (χ3v) is 2.57. The number of carbonyl (C=O) groups excluding carboxylic acids is 2. The Labute approximate surface area is 101 Å². The first-order chi connectivity index (χ1) is 8.17. The number of esters is 1. The molecule has 0 aromatic carbocycles. The summed E-state index contributed by atoms with van der Waals surface area (Å²) in [6, 6.07) is 0. The zero-order valence-corrected chi connectivity index (χ0v) is 10.2. The van der Waals surface area contributed by atoms with E-state index in [0.717, 1.165) is 19.1 Å². The van der Waals surface area contributed by atoms with Crippen LogP contribution in [0.25, 0.3) is 0 Å². The molecule has 0 aromatic heterocycles. The van der Waals surface area contributed by atoms with Gasteiger partial charge in [0.05, 0.1) is 13.2 Å². The predicted molar refractivity (Wildman–Crippen MR) is 60.3 cm³/mol. The molecule has 0 saturated carbocycles. The molecule has 5 heteroatoms. The van der Waals surface area contributed by atoms with Crippen LogP contribution in [0.5, 0.6) is 0 Å². The molecule has 1 heterocycles. The third kappa shape index (κ3) is 4.56. The lowest BCUT2D eigenvalue weighted by Gasteiger charge is -2.31. The number of hydrogen-bond acceptors (Lipinski definition) is 5. The highest BCUT2D eigenvalue weighted by atomic mass is 16.5. The second-order valence-corrected chi connectivity index (χ2v) is 3.89. The van der Waals surface area contributed by atoms with Gasteiger partial charge in [-0.3, -0.25) is 0 Å². The van der Waals surface area contributed by atoms with Crippen LogP contribution >= 0.6 is 0 Å². The standard InChI is InChI=1S/C12H18O5/c1-9(8-12(14)15-2)17-11-4-3-7-16-10(11)5-6-13/h6,8,10-11H,3-5,7H2,1-2H3/b9-8+/t10-,11+/m1/s1. The first kappa shape index (κ1) is 13.7. The number of aldehydes is 1. The van der Waals surface area contributed by atoms with Crippen molar-refractivity contribution in [2.75, 3.05) is 13.7 Å². The molecule has 1 aliphatic heterocycles. The van der Waals surface area contributed by atoms with Crippen molar-refractivity contribution >= 4 is 12.3 Å². The molecule has 96 valence electrons. The maximum Gasteiger partial charge on any atom is 0.333 e. The summed E-state index contributed by atoms with van der Waals surface area (Å²) >= 11 is 0. The van der Waals surface area contributed by atoms with Gasteiger partial charge in [0.1, 0.15) is 24.3 Å². The molecule has 1 rings (SSSR count). The van der Waals surface area contributed by atoms with Crippen LogP contribution in [-0.4, -0.2) is 38.2 Å². The molecule has 5 nitrogen and oxygen atoms in total. The van der Waals surface area contributed by atoms with Gasteiger partial charge >= 0.3 is 5.97 Å². The number of carbonyl (C=O) groups is 2. The van der Waals surface area contributed by atoms with E-state index < -0.39 is 5.97 Å². The van der Waals surface area contributed by atoms with Crippen LogP contribution in [0, 0.1) is 0 Å². The van der Waals surface area contributed by atoms with E-state index in [1.165, 1.54) is 13.2 Å². The van der Waals surface area contributed by atoms with Gasteiger partial charge in [-0.05, 0) is 19.8 Å². The van der Waals surface area contributed by atoms with Crippen LogP contribution in [0.2, 0.25) is 0 Å². The number of hydrogen-bond donors (Lipinski definition) is 0. The van der Waals surface area contributed by atoms with Gasteiger partial charge in [0.25, 0.3) is 0 Å². The molecule has 0 unspecified atom stereocenters. The molecular formula is C12H18O5. The van der Waals surface area contributed by atoms with Crippen molar-refractivity contribution in [2.45, 2.75) is 38.4 Å². The van der Waals surface area contributed by atoms with Crippen molar-refractivity contribution in [3.05, 3.63) is 11.8 Å². The Kier molecular flexibility index (Phi) is 5.69. The van der Waals surface area contributed by atoms with Gasteiger partial charge in [0, 0.05) is 13.0 Å². The minimum atomic E-state index is -0.453. The van der Waals surface area contributed by atoms with Crippen molar-refractivity contribution in [3.8, 4) is 0 Å². The fourth-order valence-electron chi connectivity index (χ4n) is 1.76. The Hall–Kier alpha value is -1.36. The van der Waals surface area contributed by atoms with Gasteiger partial charge in [-0.15, -0.1) is 0 Å². The first-order valence-corrected chi connectivity index (χ1v) is 5.65. The van der Waals surface area contributed by atoms with E-state index in [0.29, 0.717) is 18.8 Å². The normalized spacial score (nSPS) is 25.2. The molecule has 0 bridgehead atoms. The van der Waals surface area contributed by atoms with Gasteiger partial charge in [0.15, 0.2) is 0 Å². The van der Waals surface area contributed by atoms with Crippen LogP contribution < -0.4 is 0 Å². The lowest BCUT2D eigenvalue weighted by Crippen LogP contribution is -2.36. The Morgan fingerprint density at radius 3 is 2.94 bits per heavy atom. The summed E-state index contributed by atoms with van der Waals surface area (Å²) in [5.74, 6) is 0.0226. The highest BCUT2D eigenvalue weighted by Gasteiger charge is 2.27. The van der Waals surface area contributed by atoms with E-state index in [1.807, 2.05) is 0 Å². The van der Waals surface area contributed by atoms with Crippen molar-refractivity contribution in [2.24, 2.45) is 0 Å². The van der Waals surface area contributed by atoms with Gasteiger partial charge < -0.3 is 19.0 Å². The Bertz CT molecular complexity index is 297. The summed E-state index contributed by atoms with van der Waals surface area (Å²) in [4.78, 5) is 21.5. The minimum Gasteiger partial charge on any atom is -0.492 e. The monoisotopic (exact) mass is 242 g/mol. The molecule has 17 heavy (non-hydrogen) atoms. The highest BCUT2D eigenvalue weighted by Crippen LogP contribution is 2.21. The van der Waals surface area contributed by atoms with E-state index in [-0.39, 0.29) is 12.2 Å². The molecule has 1 aliphatic rings. The summed E-state index contributed by atoms with van der Waals surface area (Å²) in [5.41, 5.74) is 0. The summed E-state index contributed by atoms with van der Waals surface area (Å²) in [6.07, 6.45) is 3.75. The SMILES string of the molecule is COC(=O)/C=C(\C)O[C@H]1CCCO[C@@H]1CC=O. The molecule has 0 aromatic rings. The second kappa shape index (κ2) is 7.06. The van der Waals surface area contributed by atoms with Crippen LogP contribution in [0.15, 0.2) is 11.8 Å². The predicted octanol–water partition coefficient (Wildman–Crippen LogP) is 1.22. The van der Waals surface area contributed by atoms with E-state index in [2.05, 4.69) is 4.74 Å². The molecular weight excluding hydrogens is 224 g/mol. The fourth-order valence-corrected chi connectivity index (χ4v) is 1.76. The Morgan fingerprint density at radius 2 is 2.29 bits per heavy atom. The van der Waals surface area contributed by atoms with E-state index in [4.69, 9.17) is 9.47 Å². The molecule has 0 radical (unpaired) electrons. The molecule has 1 fully saturated rings. The number of allylic oxidation sites excluding steroid dienone is 1. The first-order valence-electron chi connectivity index (χ1n) is 5.65. The molecule has 0 aliphatic carbocycles.